The lowest BCUT2D eigenvalue weighted by Gasteiger charge is -2.14. The molecule has 1 aromatic heterocycles. The van der Waals surface area contributed by atoms with Gasteiger partial charge in [-0.05, 0) is 17.7 Å². The number of benzene rings is 1. The van der Waals surface area contributed by atoms with E-state index in [0.717, 1.165) is 22.7 Å². The van der Waals surface area contributed by atoms with Gasteiger partial charge in [-0.1, -0.05) is 32.9 Å². The minimum Gasteiger partial charge on any atom is -0.508 e. The van der Waals surface area contributed by atoms with Crippen LogP contribution in [0.2, 0.25) is 0 Å². The molecule has 0 spiro atoms. The maximum atomic E-state index is 9.41. The van der Waals surface area contributed by atoms with E-state index in [1.54, 1.807) is 23.5 Å². The van der Waals surface area contributed by atoms with Crippen molar-refractivity contribution in [2.75, 3.05) is 0 Å². The molecule has 0 bridgehead atoms. The Morgan fingerprint density at radius 3 is 2.65 bits per heavy atom. The summed E-state index contributed by atoms with van der Waals surface area (Å²) in [4.78, 5) is 4.64. The monoisotopic (exact) mass is 247 g/mol. The summed E-state index contributed by atoms with van der Waals surface area (Å²) < 4.78 is 0. The summed E-state index contributed by atoms with van der Waals surface area (Å²) in [6.07, 6.45) is 0.787. The molecule has 2 rings (SSSR count). The molecule has 2 nitrogen and oxygen atoms in total. The zero-order valence-electron chi connectivity index (χ0n) is 10.4. The summed E-state index contributed by atoms with van der Waals surface area (Å²) in [5.74, 6) is 0.315. The molecule has 1 aromatic carbocycles. The highest BCUT2D eigenvalue weighted by molar-refractivity contribution is 7.09. The molecule has 1 heterocycles. The third-order valence-electron chi connectivity index (χ3n) is 2.59. The predicted octanol–water partition coefficient (Wildman–Crippen LogP) is 3.74. The summed E-state index contributed by atoms with van der Waals surface area (Å²) in [5.41, 5.74) is 2.34. The van der Waals surface area contributed by atoms with Crippen molar-refractivity contribution in [1.82, 2.24) is 4.98 Å². The SMILES string of the molecule is CC(C)(C)c1csc(Cc2cccc(O)c2)n1. The number of rotatable bonds is 2. The number of aromatic hydroxyl groups is 1. The van der Waals surface area contributed by atoms with Crippen LogP contribution in [0, 0.1) is 0 Å². The van der Waals surface area contributed by atoms with E-state index in [-0.39, 0.29) is 5.41 Å². The Bertz CT molecular complexity index is 511. The largest absolute Gasteiger partial charge is 0.508 e. The highest BCUT2D eigenvalue weighted by Gasteiger charge is 2.17. The van der Waals surface area contributed by atoms with Crippen molar-refractivity contribution in [2.45, 2.75) is 32.6 Å². The first-order valence-electron chi connectivity index (χ1n) is 5.68. The summed E-state index contributed by atoms with van der Waals surface area (Å²) in [5, 5.41) is 12.6. The van der Waals surface area contributed by atoms with Gasteiger partial charge in [0.2, 0.25) is 0 Å². The maximum Gasteiger partial charge on any atom is 0.115 e. The molecule has 0 radical (unpaired) electrons. The van der Waals surface area contributed by atoms with Crippen molar-refractivity contribution in [1.29, 1.82) is 0 Å². The third kappa shape index (κ3) is 3.07. The predicted molar refractivity (Wildman–Crippen MR) is 71.7 cm³/mol. The van der Waals surface area contributed by atoms with Crippen LogP contribution in [0.1, 0.15) is 37.0 Å². The molecule has 2 aromatic rings. The summed E-state index contributed by atoms with van der Waals surface area (Å²) >= 11 is 1.68. The number of hydrogen-bond acceptors (Lipinski definition) is 3. The molecule has 0 atom stereocenters. The molecule has 0 aliphatic rings. The van der Waals surface area contributed by atoms with Crippen molar-refractivity contribution in [2.24, 2.45) is 0 Å². The Morgan fingerprint density at radius 2 is 2.06 bits per heavy atom. The van der Waals surface area contributed by atoms with Crippen LogP contribution in [0.5, 0.6) is 5.75 Å². The van der Waals surface area contributed by atoms with Crippen LogP contribution in [0.4, 0.5) is 0 Å². The van der Waals surface area contributed by atoms with Gasteiger partial charge in [0.25, 0.3) is 0 Å². The third-order valence-corrected chi connectivity index (χ3v) is 3.43. The zero-order valence-corrected chi connectivity index (χ0v) is 11.2. The first-order chi connectivity index (χ1) is 7.95. The Kier molecular flexibility index (Phi) is 3.20. The molecule has 0 unspecified atom stereocenters. The second-order valence-electron chi connectivity index (χ2n) is 5.22. The smallest absolute Gasteiger partial charge is 0.115 e. The molecule has 1 N–H and O–H groups in total. The van der Waals surface area contributed by atoms with Gasteiger partial charge in [0.1, 0.15) is 5.75 Å². The van der Waals surface area contributed by atoms with E-state index < -0.39 is 0 Å². The number of phenolic OH excluding ortho intramolecular Hbond substituents is 1. The summed E-state index contributed by atoms with van der Waals surface area (Å²) in [6.45, 7) is 6.50. The Labute approximate surface area is 106 Å². The lowest BCUT2D eigenvalue weighted by Crippen LogP contribution is -2.11. The topological polar surface area (TPSA) is 33.1 Å². The van der Waals surface area contributed by atoms with Crippen molar-refractivity contribution in [3.63, 3.8) is 0 Å². The average Bonchev–Trinajstić information content (AvgIpc) is 2.65. The first-order valence-corrected chi connectivity index (χ1v) is 6.56. The number of phenols is 1. The van der Waals surface area contributed by atoms with Crippen LogP contribution in [0.25, 0.3) is 0 Å². The highest BCUT2D eigenvalue weighted by atomic mass is 32.1. The Morgan fingerprint density at radius 1 is 1.29 bits per heavy atom. The fourth-order valence-electron chi connectivity index (χ4n) is 1.58. The van der Waals surface area contributed by atoms with Crippen LogP contribution < -0.4 is 0 Å². The summed E-state index contributed by atoms with van der Waals surface area (Å²) in [6, 6.07) is 7.35. The quantitative estimate of drug-likeness (QED) is 0.877. The first kappa shape index (κ1) is 12.1. The second-order valence-corrected chi connectivity index (χ2v) is 6.17. The van der Waals surface area contributed by atoms with Gasteiger partial charge in [0.15, 0.2) is 0 Å². The molecular weight excluding hydrogens is 230 g/mol. The van der Waals surface area contributed by atoms with Crippen LogP contribution in [0.15, 0.2) is 29.6 Å². The van der Waals surface area contributed by atoms with Gasteiger partial charge in [-0.2, -0.15) is 0 Å². The number of thiazole rings is 1. The van der Waals surface area contributed by atoms with E-state index in [9.17, 15) is 5.11 Å². The fraction of sp³-hybridized carbons (Fsp3) is 0.357. The number of aromatic nitrogens is 1. The lowest BCUT2D eigenvalue weighted by molar-refractivity contribution is 0.474. The molecule has 0 amide bonds. The standard InChI is InChI=1S/C14H17NOS/c1-14(2,3)12-9-17-13(15-12)8-10-5-4-6-11(16)7-10/h4-7,9,16H,8H2,1-3H3. The second kappa shape index (κ2) is 4.49. The van der Waals surface area contributed by atoms with E-state index in [1.807, 2.05) is 12.1 Å². The van der Waals surface area contributed by atoms with Gasteiger partial charge in [0.05, 0.1) is 10.7 Å². The molecule has 0 saturated carbocycles. The molecule has 0 fully saturated rings. The fourth-order valence-corrected chi connectivity index (χ4v) is 2.63. The molecule has 0 aliphatic carbocycles. The molecule has 17 heavy (non-hydrogen) atoms. The number of nitrogens with zero attached hydrogens (tertiary/aromatic N) is 1. The van der Waals surface area contributed by atoms with Crippen LogP contribution in [-0.2, 0) is 11.8 Å². The van der Waals surface area contributed by atoms with E-state index in [1.165, 1.54) is 0 Å². The van der Waals surface area contributed by atoms with E-state index in [0.29, 0.717) is 5.75 Å². The van der Waals surface area contributed by atoms with E-state index in [2.05, 4.69) is 31.1 Å². The van der Waals surface area contributed by atoms with Crippen LogP contribution in [0.3, 0.4) is 0 Å². The molecule has 3 heteroatoms. The van der Waals surface area contributed by atoms with Gasteiger partial charge in [0, 0.05) is 17.2 Å². The van der Waals surface area contributed by atoms with Crippen molar-refractivity contribution >= 4 is 11.3 Å². The molecular formula is C14H17NOS. The van der Waals surface area contributed by atoms with Crippen molar-refractivity contribution in [3.8, 4) is 5.75 Å². The average molecular weight is 247 g/mol. The molecule has 0 saturated heterocycles. The van der Waals surface area contributed by atoms with Crippen molar-refractivity contribution < 1.29 is 5.11 Å². The van der Waals surface area contributed by atoms with Crippen LogP contribution in [-0.4, -0.2) is 10.1 Å². The zero-order chi connectivity index (χ0) is 12.5. The van der Waals surface area contributed by atoms with Gasteiger partial charge >= 0.3 is 0 Å². The normalized spacial score (nSPS) is 11.7. The maximum absolute atomic E-state index is 9.41. The van der Waals surface area contributed by atoms with Crippen molar-refractivity contribution in [3.05, 3.63) is 45.9 Å². The lowest BCUT2D eigenvalue weighted by atomic mass is 9.93. The van der Waals surface area contributed by atoms with E-state index in [4.69, 9.17) is 0 Å². The van der Waals surface area contributed by atoms with Gasteiger partial charge in [-0.3, -0.25) is 0 Å². The van der Waals surface area contributed by atoms with Gasteiger partial charge < -0.3 is 5.11 Å². The minimum atomic E-state index is 0.105. The van der Waals surface area contributed by atoms with E-state index >= 15 is 0 Å². The molecule has 90 valence electrons. The summed E-state index contributed by atoms with van der Waals surface area (Å²) in [7, 11) is 0. The highest BCUT2D eigenvalue weighted by Crippen LogP contribution is 2.25. The molecule has 0 aliphatic heterocycles. The minimum absolute atomic E-state index is 0.105. The Balaban J connectivity index is 2.17. The van der Waals surface area contributed by atoms with Gasteiger partial charge in [-0.15, -0.1) is 11.3 Å². The number of hydrogen-bond donors (Lipinski definition) is 1. The van der Waals surface area contributed by atoms with Gasteiger partial charge in [-0.25, -0.2) is 4.98 Å². The van der Waals surface area contributed by atoms with Crippen LogP contribution >= 0.6 is 11.3 Å². The Hall–Kier alpha value is -1.35.